The Morgan fingerprint density at radius 2 is 1.84 bits per heavy atom. The van der Waals surface area contributed by atoms with Gasteiger partial charge < -0.3 is 20.1 Å². The van der Waals surface area contributed by atoms with Crippen LogP contribution in [0.25, 0.3) is 0 Å². The second kappa shape index (κ2) is 12.4. The van der Waals surface area contributed by atoms with Gasteiger partial charge in [0, 0.05) is 25.5 Å². The van der Waals surface area contributed by atoms with Crippen LogP contribution in [0.3, 0.4) is 0 Å². The van der Waals surface area contributed by atoms with E-state index >= 15 is 0 Å². The van der Waals surface area contributed by atoms with Crippen LogP contribution in [0.15, 0.2) is 66.1 Å². The number of aliphatic hydroxyl groups is 2. The predicted octanol–water partition coefficient (Wildman–Crippen LogP) is 1.53. The van der Waals surface area contributed by atoms with Crippen LogP contribution in [-0.4, -0.2) is 74.7 Å². The van der Waals surface area contributed by atoms with E-state index < -0.39 is 40.7 Å². The number of nitrogens with zero attached hydrogens (tertiary/aromatic N) is 4. The molecule has 200 valence electrons. The summed E-state index contributed by atoms with van der Waals surface area (Å²) in [6.07, 6.45) is 1.69. The highest BCUT2D eigenvalue weighted by molar-refractivity contribution is 7.89. The maximum absolute atomic E-state index is 13.6. The van der Waals surface area contributed by atoms with Gasteiger partial charge in [-0.1, -0.05) is 50.2 Å². The molecule has 0 spiro atoms. The molecule has 2 aromatic heterocycles. The Hall–Kier alpha value is -3.12. The Morgan fingerprint density at radius 3 is 2.41 bits per heavy atom. The number of amides is 1. The molecular weight excluding hydrogens is 494 g/mol. The number of pyridine rings is 1. The molecule has 3 atom stereocenters. The van der Waals surface area contributed by atoms with E-state index in [9.17, 15) is 23.4 Å². The number of rotatable bonds is 12. The standard InChI is InChI=1S/C26H35N5O5S/c1-18(2)23(16-32)31(37(35,36)25-15-30(4)17-27-25)14-24(33)22(13-20-10-6-5-7-11-20)29-26(34)21-12-8-9-19(3)28-21/h5-12,15,17-18,22-24,32-33H,13-14,16H2,1-4H3,(H,29,34)/t22-,23?,24+/m0/s1. The number of hydrogen-bond acceptors (Lipinski definition) is 7. The summed E-state index contributed by atoms with van der Waals surface area (Å²) in [6, 6.07) is 12.7. The molecular formula is C26H35N5O5S. The zero-order valence-corrected chi connectivity index (χ0v) is 22.3. The van der Waals surface area contributed by atoms with Crippen molar-refractivity contribution in [2.75, 3.05) is 13.2 Å². The predicted molar refractivity (Wildman–Crippen MR) is 139 cm³/mol. The highest BCUT2D eigenvalue weighted by Gasteiger charge is 2.37. The van der Waals surface area contributed by atoms with Crippen molar-refractivity contribution in [1.29, 1.82) is 0 Å². The summed E-state index contributed by atoms with van der Waals surface area (Å²) in [5.41, 5.74) is 1.72. The number of imidazole rings is 1. The fourth-order valence-corrected chi connectivity index (χ4v) is 5.80. The molecule has 1 aromatic carbocycles. The number of sulfonamides is 1. The van der Waals surface area contributed by atoms with Crippen molar-refractivity contribution >= 4 is 15.9 Å². The number of aliphatic hydroxyl groups excluding tert-OH is 2. The first kappa shape index (κ1) is 28.5. The van der Waals surface area contributed by atoms with Crippen LogP contribution in [0.4, 0.5) is 0 Å². The second-order valence-electron chi connectivity index (χ2n) is 9.45. The summed E-state index contributed by atoms with van der Waals surface area (Å²) >= 11 is 0. The Kier molecular flexibility index (Phi) is 9.55. The lowest BCUT2D eigenvalue weighted by Crippen LogP contribution is -2.54. The molecule has 0 aliphatic rings. The van der Waals surface area contributed by atoms with Gasteiger partial charge >= 0.3 is 0 Å². The van der Waals surface area contributed by atoms with Crippen molar-refractivity contribution in [2.24, 2.45) is 13.0 Å². The molecule has 0 aliphatic carbocycles. The first-order valence-electron chi connectivity index (χ1n) is 12.1. The third-order valence-electron chi connectivity index (χ3n) is 6.15. The maximum Gasteiger partial charge on any atom is 0.270 e. The third-order valence-corrected chi connectivity index (χ3v) is 7.92. The van der Waals surface area contributed by atoms with Gasteiger partial charge in [-0.25, -0.2) is 18.4 Å². The number of aryl methyl sites for hydroxylation is 2. The van der Waals surface area contributed by atoms with Gasteiger partial charge in [0.05, 0.1) is 31.1 Å². The Morgan fingerprint density at radius 1 is 1.14 bits per heavy atom. The number of hydrogen-bond donors (Lipinski definition) is 3. The molecule has 0 saturated carbocycles. The molecule has 0 saturated heterocycles. The van der Waals surface area contributed by atoms with E-state index in [1.807, 2.05) is 30.3 Å². The van der Waals surface area contributed by atoms with E-state index in [1.54, 1.807) is 46.0 Å². The van der Waals surface area contributed by atoms with Crippen LogP contribution in [0.2, 0.25) is 0 Å². The van der Waals surface area contributed by atoms with Gasteiger partial charge in [0.2, 0.25) is 0 Å². The van der Waals surface area contributed by atoms with Crippen LogP contribution in [0.1, 0.15) is 35.6 Å². The highest BCUT2D eigenvalue weighted by atomic mass is 32.2. The number of aromatic nitrogens is 3. The molecule has 0 fully saturated rings. The average molecular weight is 530 g/mol. The smallest absolute Gasteiger partial charge is 0.270 e. The van der Waals surface area contributed by atoms with Crippen molar-refractivity contribution < 1.29 is 23.4 Å². The highest BCUT2D eigenvalue weighted by Crippen LogP contribution is 2.22. The maximum atomic E-state index is 13.6. The molecule has 11 heteroatoms. The molecule has 3 N–H and O–H groups in total. The van der Waals surface area contributed by atoms with Crippen molar-refractivity contribution in [1.82, 2.24) is 24.2 Å². The van der Waals surface area contributed by atoms with Gasteiger partial charge in [-0.2, -0.15) is 4.31 Å². The van der Waals surface area contributed by atoms with E-state index in [0.29, 0.717) is 5.69 Å². The van der Waals surface area contributed by atoms with E-state index in [2.05, 4.69) is 15.3 Å². The average Bonchev–Trinajstić information content (AvgIpc) is 3.31. The summed E-state index contributed by atoms with van der Waals surface area (Å²) in [6.45, 7) is 4.55. The van der Waals surface area contributed by atoms with Crippen LogP contribution in [-0.2, 0) is 23.5 Å². The monoisotopic (exact) mass is 529 g/mol. The lowest BCUT2D eigenvalue weighted by molar-refractivity contribution is 0.0635. The molecule has 2 heterocycles. The van der Waals surface area contributed by atoms with E-state index in [-0.39, 0.29) is 29.6 Å². The molecule has 0 radical (unpaired) electrons. The van der Waals surface area contributed by atoms with Gasteiger partial charge in [0.1, 0.15) is 5.69 Å². The van der Waals surface area contributed by atoms with E-state index in [1.165, 1.54) is 17.1 Å². The lowest BCUT2D eigenvalue weighted by Gasteiger charge is -2.35. The fourth-order valence-electron chi connectivity index (χ4n) is 4.06. The first-order chi connectivity index (χ1) is 17.5. The van der Waals surface area contributed by atoms with Crippen molar-refractivity contribution in [3.8, 4) is 0 Å². The van der Waals surface area contributed by atoms with Crippen LogP contribution in [0, 0.1) is 12.8 Å². The van der Waals surface area contributed by atoms with E-state index in [4.69, 9.17) is 0 Å². The van der Waals surface area contributed by atoms with Crippen molar-refractivity contribution in [2.45, 2.75) is 50.4 Å². The number of benzene rings is 1. The van der Waals surface area contributed by atoms with Gasteiger partial charge in [-0.15, -0.1) is 0 Å². The minimum Gasteiger partial charge on any atom is -0.395 e. The molecule has 0 aliphatic heterocycles. The minimum atomic E-state index is -4.17. The molecule has 1 amide bonds. The van der Waals surface area contributed by atoms with Crippen molar-refractivity contribution in [3.05, 3.63) is 78.0 Å². The summed E-state index contributed by atoms with van der Waals surface area (Å²) < 4.78 is 29.8. The molecule has 1 unspecified atom stereocenters. The molecule has 3 aromatic rings. The third kappa shape index (κ3) is 7.22. The summed E-state index contributed by atoms with van der Waals surface area (Å²) in [4.78, 5) is 21.3. The quantitative estimate of drug-likeness (QED) is 0.324. The zero-order valence-electron chi connectivity index (χ0n) is 21.5. The van der Waals surface area contributed by atoms with Crippen LogP contribution < -0.4 is 5.32 Å². The second-order valence-corrected chi connectivity index (χ2v) is 11.3. The van der Waals surface area contributed by atoms with Crippen molar-refractivity contribution in [3.63, 3.8) is 0 Å². The summed E-state index contributed by atoms with van der Waals surface area (Å²) in [5, 5.41) is 24.1. The van der Waals surface area contributed by atoms with Crippen LogP contribution in [0.5, 0.6) is 0 Å². The molecule has 3 rings (SSSR count). The lowest BCUT2D eigenvalue weighted by atomic mass is 9.99. The minimum absolute atomic E-state index is 0.186. The van der Waals surface area contributed by atoms with Gasteiger partial charge in [-0.3, -0.25) is 4.79 Å². The molecule has 10 nitrogen and oxygen atoms in total. The largest absolute Gasteiger partial charge is 0.395 e. The molecule has 37 heavy (non-hydrogen) atoms. The number of carbonyl (C=O) groups is 1. The topological polar surface area (TPSA) is 138 Å². The van der Waals surface area contributed by atoms with Gasteiger partial charge in [-0.05, 0) is 37.0 Å². The zero-order chi connectivity index (χ0) is 27.2. The number of nitrogens with one attached hydrogen (secondary N) is 1. The summed E-state index contributed by atoms with van der Waals surface area (Å²) in [7, 11) is -2.51. The normalized spacial score (nSPS) is 14.5. The van der Waals surface area contributed by atoms with E-state index in [0.717, 1.165) is 9.87 Å². The first-order valence-corrected chi connectivity index (χ1v) is 13.5. The van der Waals surface area contributed by atoms with Gasteiger partial charge in [0.15, 0.2) is 5.03 Å². The number of carbonyl (C=O) groups excluding carboxylic acids is 1. The fraction of sp³-hybridized carbons (Fsp3) is 0.423. The van der Waals surface area contributed by atoms with Crippen LogP contribution >= 0.6 is 0 Å². The Labute approximate surface area is 218 Å². The SMILES string of the molecule is Cc1cccc(C(=O)N[C@@H](Cc2ccccc2)[C@H](O)CN(C(CO)C(C)C)S(=O)(=O)c2cn(C)cn2)n1. The van der Waals surface area contributed by atoms with Gasteiger partial charge in [0.25, 0.3) is 15.9 Å². The molecule has 0 bridgehead atoms. The summed E-state index contributed by atoms with van der Waals surface area (Å²) in [5.74, 6) is -0.736. The Balaban J connectivity index is 1.94. The Bertz CT molecular complexity index is 1280.